The summed E-state index contributed by atoms with van der Waals surface area (Å²) >= 11 is 1.40. The molecule has 1 saturated heterocycles. The molecule has 1 N–H and O–H groups in total. The summed E-state index contributed by atoms with van der Waals surface area (Å²) < 4.78 is 28.1. The van der Waals surface area contributed by atoms with Crippen LogP contribution in [-0.4, -0.2) is 49.1 Å². The Balaban J connectivity index is 1.26. The molecule has 0 atom stereocenters. The van der Waals surface area contributed by atoms with Gasteiger partial charge in [0.05, 0.1) is 19.8 Å². The van der Waals surface area contributed by atoms with Gasteiger partial charge in [0.15, 0.2) is 0 Å². The number of rotatable bonds is 8. The first-order valence-electron chi connectivity index (χ1n) is 10.9. The molecule has 0 spiro atoms. The minimum absolute atomic E-state index is 0.147. The second-order valence-corrected chi connectivity index (χ2v) is 8.73. The van der Waals surface area contributed by atoms with Gasteiger partial charge >= 0.3 is 0 Å². The molecular formula is C24H27FN4O3S. The first kappa shape index (κ1) is 23.0. The van der Waals surface area contributed by atoms with Crippen molar-refractivity contribution in [1.29, 1.82) is 0 Å². The van der Waals surface area contributed by atoms with Crippen LogP contribution in [0.25, 0.3) is 0 Å². The monoisotopic (exact) mass is 470 g/mol. The van der Waals surface area contributed by atoms with Crippen molar-refractivity contribution in [3.8, 4) is 11.5 Å². The Kier molecular flexibility index (Phi) is 7.39. The Labute approximate surface area is 196 Å². The fraction of sp³-hybridized carbons (Fsp3) is 0.375. The topological polar surface area (TPSA) is 76.6 Å². The highest BCUT2D eigenvalue weighted by atomic mass is 32.1. The molecule has 0 unspecified atom stereocenters. The van der Waals surface area contributed by atoms with E-state index in [0.29, 0.717) is 35.9 Å². The molecule has 174 valence electrons. The van der Waals surface area contributed by atoms with E-state index in [1.54, 1.807) is 44.6 Å². The van der Waals surface area contributed by atoms with Gasteiger partial charge in [0.1, 0.15) is 23.1 Å². The van der Waals surface area contributed by atoms with Gasteiger partial charge in [0, 0.05) is 43.7 Å². The number of aromatic nitrogens is 2. The standard InChI is InChI=1S/C24H27FN4O3S/c1-31-19-7-8-20(21(14-19)32-2)23(30)26-15-17-9-11-29(12-10-17)24-27-22(28-33-24)13-16-3-5-18(25)6-4-16/h3-8,14,17H,9-13,15H2,1-2H3,(H,26,30). The maximum Gasteiger partial charge on any atom is 0.255 e. The first-order chi connectivity index (χ1) is 16.1. The summed E-state index contributed by atoms with van der Waals surface area (Å²) in [6.07, 6.45) is 2.52. The zero-order valence-corrected chi connectivity index (χ0v) is 19.5. The summed E-state index contributed by atoms with van der Waals surface area (Å²) in [6.45, 7) is 2.36. The maximum atomic E-state index is 13.1. The van der Waals surface area contributed by atoms with E-state index in [1.807, 2.05) is 0 Å². The van der Waals surface area contributed by atoms with E-state index in [-0.39, 0.29) is 11.7 Å². The van der Waals surface area contributed by atoms with Gasteiger partial charge in [-0.1, -0.05) is 12.1 Å². The Morgan fingerprint density at radius 1 is 1.15 bits per heavy atom. The maximum absolute atomic E-state index is 13.1. The SMILES string of the molecule is COc1ccc(C(=O)NCC2CCN(c3nc(Cc4ccc(F)cc4)ns3)CC2)c(OC)c1. The first-order valence-corrected chi connectivity index (χ1v) is 11.6. The highest BCUT2D eigenvalue weighted by molar-refractivity contribution is 7.09. The minimum atomic E-state index is -0.243. The van der Waals surface area contributed by atoms with Crippen LogP contribution in [0.15, 0.2) is 42.5 Å². The second-order valence-electron chi connectivity index (χ2n) is 8.00. The van der Waals surface area contributed by atoms with Crippen molar-refractivity contribution < 1.29 is 18.7 Å². The molecule has 1 amide bonds. The minimum Gasteiger partial charge on any atom is -0.497 e. The predicted molar refractivity (Wildman–Crippen MR) is 126 cm³/mol. The van der Waals surface area contributed by atoms with Crippen molar-refractivity contribution in [3.05, 3.63) is 65.2 Å². The molecule has 1 aliphatic rings. The molecule has 1 aromatic heterocycles. The number of hydrogen-bond acceptors (Lipinski definition) is 7. The fourth-order valence-corrected chi connectivity index (χ4v) is 4.61. The molecule has 33 heavy (non-hydrogen) atoms. The lowest BCUT2D eigenvalue weighted by atomic mass is 9.97. The van der Waals surface area contributed by atoms with E-state index >= 15 is 0 Å². The second kappa shape index (κ2) is 10.6. The van der Waals surface area contributed by atoms with Crippen LogP contribution in [0.3, 0.4) is 0 Å². The number of ether oxygens (including phenoxy) is 2. The molecule has 9 heteroatoms. The number of nitrogens with zero attached hydrogens (tertiary/aromatic N) is 3. The summed E-state index contributed by atoms with van der Waals surface area (Å²) in [6, 6.07) is 11.6. The van der Waals surface area contributed by atoms with E-state index < -0.39 is 0 Å². The van der Waals surface area contributed by atoms with Crippen molar-refractivity contribution in [2.24, 2.45) is 5.92 Å². The van der Waals surface area contributed by atoms with Crippen molar-refractivity contribution in [2.75, 3.05) is 38.8 Å². The predicted octanol–water partition coefficient (Wildman–Crippen LogP) is 3.93. The Hall–Kier alpha value is -3.20. The fourth-order valence-electron chi connectivity index (χ4n) is 3.88. The van der Waals surface area contributed by atoms with Gasteiger partial charge in [0.25, 0.3) is 5.91 Å². The number of benzene rings is 2. The van der Waals surface area contributed by atoms with Crippen LogP contribution in [0, 0.1) is 11.7 Å². The number of hydrogen-bond donors (Lipinski definition) is 1. The largest absolute Gasteiger partial charge is 0.497 e. The molecule has 1 aliphatic heterocycles. The average molecular weight is 471 g/mol. The van der Waals surface area contributed by atoms with Crippen molar-refractivity contribution >= 4 is 22.6 Å². The number of piperidine rings is 1. The lowest BCUT2D eigenvalue weighted by molar-refractivity contribution is 0.0942. The van der Waals surface area contributed by atoms with Crippen LogP contribution in [0.2, 0.25) is 0 Å². The molecule has 3 aromatic rings. The van der Waals surface area contributed by atoms with Gasteiger partial charge in [-0.2, -0.15) is 4.37 Å². The van der Waals surface area contributed by atoms with Crippen LogP contribution in [0.5, 0.6) is 11.5 Å². The number of carbonyl (C=O) groups is 1. The Morgan fingerprint density at radius 3 is 2.61 bits per heavy atom. The molecule has 0 bridgehead atoms. The Morgan fingerprint density at radius 2 is 1.91 bits per heavy atom. The summed E-state index contributed by atoms with van der Waals surface area (Å²) in [4.78, 5) is 19.6. The van der Waals surface area contributed by atoms with Gasteiger partial charge in [-0.25, -0.2) is 9.37 Å². The molecular weight excluding hydrogens is 443 g/mol. The summed E-state index contributed by atoms with van der Waals surface area (Å²) in [5.74, 6) is 1.91. The number of amides is 1. The zero-order chi connectivity index (χ0) is 23.2. The third kappa shape index (κ3) is 5.78. The third-order valence-electron chi connectivity index (χ3n) is 5.82. The van der Waals surface area contributed by atoms with Crippen molar-refractivity contribution in [2.45, 2.75) is 19.3 Å². The quantitative estimate of drug-likeness (QED) is 0.538. The van der Waals surface area contributed by atoms with Crippen molar-refractivity contribution in [3.63, 3.8) is 0 Å². The summed E-state index contributed by atoms with van der Waals surface area (Å²) in [7, 11) is 3.12. The molecule has 2 aromatic carbocycles. The smallest absolute Gasteiger partial charge is 0.255 e. The highest BCUT2D eigenvalue weighted by Crippen LogP contribution is 2.27. The number of methoxy groups -OCH3 is 2. The highest BCUT2D eigenvalue weighted by Gasteiger charge is 2.23. The zero-order valence-electron chi connectivity index (χ0n) is 18.7. The summed E-state index contributed by atoms with van der Waals surface area (Å²) in [5.41, 5.74) is 1.49. The van der Waals surface area contributed by atoms with Gasteiger partial charge in [-0.05, 0) is 48.6 Å². The normalized spacial score (nSPS) is 14.2. The molecule has 7 nitrogen and oxygen atoms in total. The van der Waals surface area contributed by atoms with E-state index in [1.165, 1.54) is 23.7 Å². The lowest BCUT2D eigenvalue weighted by Gasteiger charge is -2.31. The number of nitrogens with one attached hydrogen (secondary N) is 1. The number of anilines is 1. The molecule has 4 rings (SSSR count). The van der Waals surface area contributed by atoms with Crippen LogP contribution in [0.1, 0.15) is 34.6 Å². The number of carbonyl (C=O) groups excluding carboxylic acids is 1. The average Bonchev–Trinajstić information content (AvgIpc) is 3.32. The van der Waals surface area contributed by atoms with Crippen LogP contribution >= 0.6 is 11.5 Å². The molecule has 0 radical (unpaired) electrons. The Bertz CT molecular complexity index is 1080. The summed E-state index contributed by atoms with van der Waals surface area (Å²) in [5, 5.41) is 3.95. The van der Waals surface area contributed by atoms with Gasteiger partial charge in [0.2, 0.25) is 5.13 Å². The van der Waals surface area contributed by atoms with Gasteiger partial charge in [-0.15, -0.1) is 0 Å². The third-order valence-corrected chi connectivity index (χ3v) is 6.64. The van der Waals surface area contributed by atoms with Gasteiger partial charge < -0.3 is 19.7 Å². The van der Waals surface area contributed by atoms with E-state index in [9.17, 15) is 9.18 Å². The van der Waals surface area contributed by atoms with Crippen LogP contribution in [-0.2, 0) is 6.42 Å². The molecule has 0 saturated carbocycles. The molecule has 1 fully saturated rings. The van der Waals surface area contributed by atoms with Gasteiger partial charge in [-0.3, -0.25) is 4.79 Å². The molecule has 2 heterocycles. The molecule has 0 aliphatic carbocycles. The van der Waals surface area contributed by atoms with E-state index in [4.69, 9.17) is 9.47 Å². The van der Waals surface area contributed by atoms with Crippen LogP contribution in [0.4, 0.5) is 9.52 Å². The van der Waals surface area contributed by atoms with E-state index in [2.05, 4.69) is 19.6 Å². The number of halogens is 1. The van der Waals surface area contributed by atoms with E-state index in [0.717, 1.165) is 42.5 Å². The van der Waals surface area contributed by atoms with Crippen molar-refractivity contribution in [1.82, 2.24) is 14.7 Å². The van der Waals surface area contributed by atoms with Crippen LogP contribution < -0.4 is 19.7 Å². The lowest BCUT2D eigenvalue weighted by Crippen LogP contribution is -2.38.